The minimum absolute atomic E-state index is 0.0947. The molecule has 0 unspecified atom stereocenters. The van der Waals surface area contributed by atoms with E-state index in [-0.39, 0.29) is 5.88 Å². The number of aryl methyl sites for hydroxylation is 1. The molecule has 106 valence electrons. The molecule has 1 aromatic carbocycles. The van der Waals surface area contributed by atoms with Crippen molar-refractivity contribution in [1.82, 2.24) is 9.47 Å². The number of fused-ring (bicyclic) bond motifs is 1. The summed E-state index contributed by atoms with van der Waals surface area (Å²) in [5.74, 6) is 0.0947. The zero-order chi connectivity index (χ0) is 14.7. The van der Waals surface area contributed by atoms with Gasteiger partial charge in [0, 0.05) is 25.5 Å². The molecule has 0 amide bonds. The van der Waals surface area contributed by atoms with E-state index in [0.29, 0.717) is 10.8 Å². The lowest BCUT2D eigenvalue weighted by atomic mass is 10.2. The van der Waals surface area contributed by atoms with Crippen LogP contribution in [0.15, 0.2) is 34.5 Å². The number of benzene rings is 1. The zero-order valence-electron chi connectivity index (χ0n) is 11.9. The fourth-order valence-electron chi connectivity index (χ4n) is 2.11. The van der Waals surface area contributed by atoms with Crippen molar-refractivity contribution in [3.05, 3.63) is 24.3 Å². The van der Waals surface area contributed by atoms with Crippen LogP contribution >= 0.6 is 12.2 Å². The van der Waals surface area contributed by atoms with Crippen LogP contribution < -0.4 is 0 Å². The lowest BCUT2D eigenvalue weighted by molar-refractivity contribution is 0.436. The maximum Gasteiger partial charge on any atom is 0.220 e. The van der Waals surface area contributed by atoms with E-state index in [1.54, 1.807) is 11.6 Å². The molecule has 20 heavy (non-hydrogen) atoms. The van der Waals surface area contributed by atoms with Gasteiger partial charge >= 0.3 is 0 Å². The molecule has 0 saturated heterocycles. The third kappa shape index (κ3) is 2.51. The van der Waals surface area contributed by atoms with Gasteiger partial charge in [0.2, 0.25) is 11.0 Å². The van der Waals surface area contributed by atoms with Gasteiger partial charge in [0.25, 0.3) is 0 Å². The Morgan fingerprint density at radius 1 is 1.30 bits per heavy atom. The van der Waals surface area contributed by atoms with E-state index in [2.05, 4.69) is 10.2 Å². The van der Waals surface area contributed by atoms with Crippen LogP contribution in [0.4, 0.5) is 5.69 Å². The Hall–Kier alpha value is -1.95. The number of nitrogens with zero attached hydrogens (tertiary/aromatic N) is 4. The lowest BCUT2D eigenvalue weighted by Gasteiger charge is -2.16. The quantitative estimate of drug-likeness (QED) is 0.694. The van der Waals surface area contributed by atoms with Crippen LogP contribution in [0.1, 0.15) is 13.8 Å². The van der Waals surface area contributed by atoms with Crippen molar-refractivity contribution in [2.24, 2.45) is 17.3 Å². The first-order chi connectivity index (χ1) is 9.60. The van der Waals surface area contributed by atoms with Gasteiger partial charge in [-0.3, -0.25) is 0 Å². The van der Waals surface area contributed by atoms with Gasteiger partial charge in [-0.25, -0.2) is 0 Å². The molecule has 0 aliphatic rings. The number of para-hydroxylation sites is 1. The SMILES string of the molecule is CCN(CC)C(=S)N=Nc1c(O)n(C)c2ccccc12. The Morgan fingerprint density at radius 3 is 2.60 bits per heavy atom. The summed E-state index contributed by atoms with van der Waals surface area (Å²) in [6.07, 6.45) is 0. The zero-order valence-corrected chi connectivity index (χ0v) is 12.7. The minimum atomic E-state index is 0.0947. The summed E-state index contributed by atoms with van der Waals surface area (Å²) in [6.45, 7) is 5.60. The average Bonchev–Trinajstić information content (AvgIpc) is 2.71. The van der Waals surface area contributed by atoms with Gasteiger partial charge < -0.3 is 14.6 Å². The summed E-state index contributed by atoms with van der Waals surface area (Å²) >= 11 is 5.22. The first-order valence-electron chi connectivity index (χ1n) is 6.57. The van der Waals surface area contributed by atoms with Crippen molar-refractivity contribution in [1.29, 1.82) is 0 Å². The van der Waals surface area contributed by atoms with Crippen LogP contribution in [0.25, 0.3) is 10.9 Å². The van der Waals surface area contributed by atoms with Crippen molar-refractivity contribution in [3.8, 4) is 5.88 Å². The van der Waals surface area contributed by atoms with E-state index in [4.69, 9.17) is 12.2 Å². The maximum absolute atomic E-state index is 10.1. The second kappa shape index (κ2) is 6.00. The van der Waals surface area contributed by atoms with E-state index in [1.807, 2.05) is 43.0 Å². The van der Waals surface area contributed by atoms with Crippen molar-refractivity contribution in [3.63, 3.8) is 0 Å². The Labute approximate surface area is 123 Å². The van der Waals surface area contributed by atoms with Gasteiger partial charge in [-0.1, -0.05) is 18.2 Å². The highest BCUT2D eigenvalue weighted by atomic mass is 32.1. The topological polar surface area (TPSA) is 53.1 Å². The molecule has 0 fully saturated rings. The van der Waals surface area contributed by atoms with Crippen molar-refractivity contribution >= 4 is 33.9 Å². The highest BCUT2D eigenvalue weighted by Crippen LogP contribution is 2.37. The Balaban J connectivity index is 2.39. The summed E-state index contributed by atoms with van der Waals surface area (Å²) in [5, 5.41) is 19.6. The molecular weight excluding hydrogens is 272 g/mol. The highest BCUT2D eigenvalue weighted by Gasteiger charge is 2.14. The number of azo groups is 1. The summed E-state index contributed by atoms with van der Waals surface area (Å²) < 4.78 is 1.68. The molecule has 2 rings (SSSR count). The van der Waals surface area contributed by atoms with Crippen LogP contribution in [0, 0.1) is 0 Å². The molecule has 5 nitrogen and oxygen atoms in total. The Kier molecular flexibility index (Phi) is 4.34. The second-order valence-electron chi connectivity index (χ2n) is 4.40. The predicted molar refractivity (Wildman–Crippen MR) is 84.6 cm³/mol. The predicted octanol–water partition coefficient (Wildman–Crippen LogP) is 3.59. The molecule has 0 aliphatic carbocycles. The number of rotatable bonds is 3. The Bertz CT molecular complexity index is 658. The van der Waals surface area contributed by atoms with E-state index >= 15 is 0 Å². The van der Waals surface area contributed by atoms with Gasteiger partial charge in [-0.05, 0) is 32.1 Å². The molecule has 2 aromatic rings. The van der Waals surface area contributed by atoms with Crippen LogP contribution in [-0.2, 0) is 7.05 Å². The lowest BCUT2D eigenvalue weighted by Crippen LogP contribution is -2.27. The first-order valence-corrected chi connectivity index (χ1v) is 6.98. The molecule has 6 heteroatoms. The van der Waals surface area contributed by atoms with Gasteiger partial charge in [-0.15, -0.1) is 10.2 Å². The number of aromatic nitrogens is 1. The van der Waals surface area contributed by atoms with Crippen LogP contribution in [0.5, 0.6) is 5.88 Å². The molecule has 1 heterocycles. The second-order valence-corrected chi connectivity index (χ2v) is 4.77. The molecule has 0 bridgehead atoms. The summed E-state index contributed by atoms with van der Waals surface area (Å²) in [6, 6.07) is 7.66. The minimum Gasteiger partial charge on any atom is -0.493 e. The van der Waals surface area contributed by atoms with Gasteiger partial charge in [0.15, 0.2) is 5.69 Å². The van der Waals surface area contributed by atoms with Gasteiger partial charge in [0.05, 0.1) is 5.52 Å². The van der Waals surface area contributed by atoms with E-state index in [9.17, 15) is 5.11 Å². The molecule has 1 aromatic heterocycles. The number of aromatic hydroxyl groups is 1. The molecular formula is C14H18N4OS. The largest absolute Gasteiger partial charge is 0.493 e. The summed E-state index contributed by atoms with van der Waals surface area (Å²) in [5.41, 5.74) is 1.37. The molecule has 0 spiro atoms. The molecule has 0 atom stereocenters. The summed E-state index contributed by atoms with van der Waals surface area (Å²) in [7, 11) is 1.79. The highest BCUT2D eigenvalue weighted by molar-refractivity contribution is 7.80. The van der Waals surface area contributed by atoms with Crippen LogP contribution in [0.3, 0.4) is 0 Å². The summed E-state index contributed by atoms with van der Waals surface area (Å²) in [4.78, 5) is 1.93. The van der Waals surface area contributed by atoms with E-state index in [1.165, 1.54) is 0 Å². The van der Waals surface area contributed by atoms with E-state index in [0.717, 1.165) is 24.0 Å². The average molecular weight is 290 g/mol. The molecule has 1 N–H and O–H groups in total. The maximum atomic E-state index is 10.1. The smallest absolute Gasteiger partial charge is 0.220 e. The van der Waals surface area contributed by atoms with E-state index < -0.39 is 0 Å². The number of hydrogen-bond acceptors (Lipinski definition) is 3. The van der Waals surface area contributed by atoms with Gasteiger partial charge in [0.1, 0.15) is 0 Å². The molecule has 0 aliphatic heterocycles. The van der Waals surface area contributed by atoms with Crippen molar-refractivity contribution in [2.45, 2.75) is 13.8 Å². The fraction of sp³-hybridized carbons (Fsp3) is 0.357. The molecule has 0 saturated carbocycles. The van der Waals surface area contributed by atoms with Crippen molar-refractivity contribution < 1.29 is 5.11 Å². The number of thiocarbonyl (C=S) groups is 1. The normalized spacial score (nSPS) is 11.3. The third-order valence-electron chi connectivity index (χ3n) is 3.32. The third-order valence-corrected chi connectivity index (χ3v) is 3.66. The standard InChI is InChI=1S/C14H18N4OS/c1-4-18(5-2)14(20)16-15-12-10-8-6-7-9-11(10)17(3)13(12)19/h6-9,19H,4-5H2,1-3H3. The van der Waals surface area contributed by atoms with Crippen LogP contribution in [-0.4, -0.2) is 32.8 Å². The molecule has 0 radical (unpaired) electrons. The monoisotopic (exact) mass is 290 g/mol. The number of hydrogen-bond donors (Lipinski definition) is 1. The fourth-order valence-corrected chi connectivity index (χ4v) is 2.41. The van der Waals surface area contributed by atoms with Crippen LogP contribution in [0.2, 0.25) is 0 Å². The first kappa shape index (κ1) is 14.5. The van der Waals surface area contributed by atoms with Crippen molar-refractivity contribution in [2.75, 3.05) is 13.1 Å². The Morgan fingerprint density at radius 2 is 1.95 bits per heavy atom. The van der Waals surface area contributed by atoms with Gasteiger partial charge in [-0.2, -0.15) is 0 Å².